The monoisotopic (exact) mass is 535 g/mol. The Hall–Kier alpha value is -2.78. The summed E-state index contributed by atoms with van der Waals surface area (Å²) in [6.07, 6.45) is 5.43. The predicted octanol–water partition coefficient (Wildman–Crippen LogP) is 3.98. The third kappa shape index (κ3) is 7.36. The van der Waals surface area contributed by atoms with Gasteiger partial charge in [0.15, 0.2) is 0 Å². The van der Waals surface area contributed by atoms with E-state index in [1.54, 1.807) is 43.5 Å². The average Bonchev–Trinajstić information content (AvgIpc) is 3.35. The van der Waals surface area contributed by atoms with E-state index in [4.69, 9.17) is 16.3 Å². The molecule has 1 aliphatic rings. The number of carbonyl (C=O) groups is 2. The van der Waals surface area contributed by atoms with Crippen molar-refractivity contribution >= 4 is 39.1 Å². The van der Waals surface area contributed by atoms with E-state index in [1.165, 1.54) is 4.90 Å². The zero-order valence-electron chi connectivity index (χ0n) is 20.9. The van der Waals surface area contributed by atoms with Gasteiger partial charge in [0.05, 0.1) is 19.1 Å². The summed E-state index contributed by atoms with van der Waals surface area (Å²) in [6, 6.07) is 12.8. The van der Waals surface area contributed by atoms with E-state index < -0.39 is 28.5 Å². The van der Waals surface area contributed by atoms with Crippen molar-refractivity contribution in [1.29, 1.82) is 0 Å². The van der Waals surface area contributed by atoms with Crippen molar-refractivity contribution in [2.75, 3.05) is 24.2 Å². The van der Waals surface area contributed by atoms with Gasteiger partial charge < -0.3 is 15.0 Å². The van der Waals surface area contributed by atoms with Crippen LogP contribution in [0.1, 0.15) is 44.6 Å². The summed E-state index contributed by atoms with van der Waals surface area (Å²) in [4.78, 5) is 28.5. The summed E-state index contributed by atoms with van der Waals surface area (Å²) in [5.41, 5.74) is 1.12. The molecule has 0 unspecified atom stereocenters. The third-order valence-electron chi connectivity index (χ3n) is 6.39. The zero-order chi connectivity index (χ0) is 26.3. The fourth-order valence-electron chi connectivity index (χ4n) is 4.44. The minimum absolute atomic E-state index is 0.103. The van der Waals surface area contributed by atoms with Gasteiger partial charge in [0.25, 0.3) is 0 Å². The highest BCUT2D eigenvalue weighted by atomic mass is 35.5. The Morgan fingerprint density at radius 3 is 2.22 bits per heavy atom. The van der Waals surface area contributed by atoms with E-state index in [0.717, 1.165) is 41.8 Å². The Morgan fingerprint density at radius 1 is 1.08 bits per heavy atom. The first-order valence-electron chi connectivity index (χ1n) is 12.1. The van der Waals surface area contributed by atoms with Gasteiger partial charge in [0.2, 0.25) is 21.8 Å². The number of anilines is 1. The Balaban J connectivity index is 1.90. The first-order chi connectivity index (χ1) is 17.1. The maximum atomic E-state index is 13.7. The van der Waals surface area contributed by atoms with Crippen molar-refractivity contribution in [3.63, 3.8) is 0 Å². The smallest absolute Gasteiger partial charge is 0.244 e. The fourth-order valence-corrected chi connectivity index (χ4v) is 5.41. The van der Waals surface area contributed by atoms with Crippen molar-refractivity contribution in [2.24, 2.45) is 0 Å². The number of methoxy groups -OCH3 is 1. The number of carbonyl (C=O) groups excluding carboxylic acids is 2. The zero-order valence-corrected chi connectivity index (χ0v) is 22.5. The lowest BCUT2D eigenvalue weighted by Gasteiger charge is -2.33. The molecule has 1 aliphatic carbocycles. The highest BCUT2D eigenvalue weighted by Crippen LogP contribution is 2.23. The number of amides is 2. The van der Waals surface area contributed by atoms with Gasteiger partial charge in [-0.15, -0.1) is 0 Å². The predicted molar refractivity (Wildman–Crippen MR) is 142 cm³/mol. The molecule has 1 fully saturated rings. The standard InChI is InChI=1S/C26H34ClN3O5S/c1-4-24(26(32)28-21-7-5-6-8-21)29(17-19-9-15-23(35-2)16-10-19)25(31)18-30(36(3,33)34)22-13-11-20(27)12-14-22/h9-16,21,24H,4-8,17-18H2,1-3H3,(H,28,32)/t24-/m0/s1. The lowest BCUT2D eigenvalue weighted by atomic mass is 10.1. The van der Waals surface area contributed by atoms with E-state index in [2.05, 4.69) is 5.32 Å². The van der Waals surface area contributed by atoms with Gasteiger partial charge in [-0.05, 0) is 61.2 Å². The quantitative estimate of drug-likeness (QED) is 0.469. The van der Waals surface area contributed by atoms with E-state index >= 15 is 0 Å². The van der Waals surface area contributed by atoms with Gasteiger partial charge in [-0.3, -0.25) is 13.9 Å². The van der Waals surface area contributed by atoms with Crippen LogP contribution < -0.4 is 14.4 Å². The highest BCUT2D eigenvalue weighted by Gasteiger charge is 2.33. The normalized spacial score (nSPS) is 14.8. The summed E-state index contributed by atoms with van der Waals surface area (Å²) in [5, 5.41) is 3.54. The Labute approximate surface area is 218 Å². The van der Waals surface area contributed by atoms with E-state index in [9.17, 15) is 18.0 Å². The van der Waals surface area contributed by atoms with Gasteiger partial charge in [0.1, 0.15) is 18.3 Å². The van der Waals surface area contributed by atoms with Crippen molar-refractivity contribution in [1.82, 2.24) is 10.2 Å². The van der Waals surface area contributed by atoms with E-state index in [0.29, 0.717) is 22.9 Å². The van der Waals surface area contributed by atoms with Crippen LogP contribution in [0.4, 0.5) is 5.69 Å². The first-order valence-corrected chi connectivity index (χ1v) is 14.3. The molecule has 1 atom stereocenters. The second-order valence-corrected chi connectivity index (χ2v) is 11.4. The molecule has 10 heteroatoms. The number of nitrogens with one attached hydrogen (secondary N) is 1. The van der Waals surface area contributed by atoms with Gasteiger partial charge in [-0.2, -0.15) is 0 Å². The molecule has 1 N–H and O–H groups in total. The molecule has 0 aliphatic heterocycles. The van der Waals surface area contributed by atoms with Crippen LogP contribution in [0.15, 0.2) is 48.5 Å². The van der Waals surface area contributed by atoms with Crippen LogP contribution in [0.5, 0.6) is 5.75 Å². The second kappa shape index (κ2) is 12.5. The Kier molecular flexibility index (Phi) is 9.62. The number of benzene rings is 2. The fraction of sp³-hybridized carbons (Fsp3) is 0.462. The van der Waals surface area contributed by atoms with Crippen LogP contribution in [-0.4, -0.2) is 57.1 Å². The molecular weight excluding hydrogens is 502 g/mol. The van der Waals surface area contributed by atoms with Crippen LogP contribution >= 0.6 is 11.6 Å². The van der Waals surface area contributed by atoms with Crippen molar-refractivity contribution < 1.29 is 22.7 Å². The maximum absolute atomic E-state index is 13.7. The lowest BCUT2D eigenvalue weighted by Crippen LogP contribution is -2.53. The summed E-state index contributed by atoms with van der Waals surface area (Å²) < 4.78 is 31.5. The molecule has 3 rings (SSSR count). The summed E-state index contributed by atoms with van der Waals surface area (Å²) in [5.74, 6) is -0.0168. The molecule has 8 nitrogen and oxygen atoms in total. The Morgan fingerprint density at radius 2 is 1.69 bits per heavy atom. The third-order valence-corrected chi connectivity index (χ3v) is 7.79. The molecule has 2 aromatic rings. The van der Waals surface area contributed by atoms with Gasteiger partial charge in [0, 0.05) is 17.6 Å². The largest absolute Gasteiger partial charge is 0.497 e. The number of sulfonamides is 1. The van der Waals surface area contributed by atoms with E-state index in [-0.39, 0.29) is 18.5 Å². The molecule has 1 saturated carbocycles. The lowest BCUT2D eigenvalue weighted by molar-refractivity contribution is -0.140. The number of halogens is 1. The van der Waals surface area contributed by atoms with Gasteiger partial charge >= 0.3 is 0 Å². The van der Waals surface area contributed by atoms with Crippen LogP contribution in [0.25, 0.3) is 0 Å². The van der Waals surface area contributed by atoms with E-state index in [1.807, 2.05) is 19.1 Å². The minimum atomic E-state index is -3.79. The second-order valence-electron chi connectivity index (χ2n) is 9.03. The molecule has 0 bridgehead atoms. The molecule has 36 heavy (non-hydrogen) atoms. The minimum Gasteiger partial charge on any atom is -0.497 e. The summed E-state index contributed by atoms with van der Waals surface area (Å²) >= 11 is 5.97. The molecule has 0 aromatic heterocycles. The number of hydrogen-bond acceptors (Lipinski definition) is 5. The van der Waals surface area contributed by atoms with Crippen LogP contribution in [0.3, 0.4) is 0 Å². The highest BCUT2D eigenvalue weighted by molar-refractivity contribution is 7.92. The Bertz CT molecular complexity index is 1130. The average molecular weight is 536 g/mol. The van der Waals surface area contributed by atoms with Gasteiger partial charge in [-0.25, -0.2) is 8.42 Å². The first kappa shape index (κ1) is 27.8. The molecule has 0 radical (unpaired) electrons. The summed E-state index contributed by atoms with van der Waals surface area (Å²) in [7, 11) is -2.22. The topological polar surface area (TPSA) is 96.0 Å². The number of ether oxygens (including phenoxy) is 1. The number of nitrogens with zero attached hydrogens (tertiary/aromatic N) is 2. The molecule has 0 saturated heterocycles. The molecule has 2 aromatic carbocycles. The van der Waals surface area contributed by atoms with Crippen LogP contribution in [0.2, 0.25) is 5.02 Å². The number of hydrogen-bond donors (Lipinski definition) is 1. The molecular formula is C26H34ClN3O5S. The number of rotatable bonds is 11. The SMILES string of the molecule is CC[C@@H](C(=O)NC1CCCC1)N(Cc1ccc(OC)cc1)C(=O)CN(c1ccc(Cl)cc1)S(C)(=O)=O. The molecule has 2 amide bonds. The summed E-state index contributed by atoms with van der Waals surface area (Å²) in [6.45, 7) is 1.56. The van der Waals surface area contributed by atoms with Gasteiger partial charge in [-0.1, -0.05) is 43.5 Å². The molecule has 196 valence electrons. The van der Waals surface area contributed by atoms with Crippen LogP contribution in [0, 0.1) is 0 Å². The van der Waals surface area contributed by atoms with Crippen LogP contribution in [-0.2, 0) is 26.2 Å². The molecule has 0 spiro atoms. The van der Waals surface area contributed by atoms with Crippen molar-refractivity contribution in [3.05, 3.63) is 59.1 Å². The van der Waals surface area contributed by atoms with Crippen molar-refractivity contribution in [3.8, 4) is 5.75 Å². The maximum Gasteiger partial charge on any atom is 0.244 e. The van der Waals surface area contributed by atoms with Crippen molar-refractivity contribution in [2.45, 2.75) is 57.7 Å². The molecule has 0 heterocycles.